The molecule has 150 valence electrons. The lowest BCUT2D eigenvalue weighted by Gasteiger charge is -2.14. The molecule has 1 amide bonds. The predicted octanol–water partition coefficient (Wildman–Crippen LogP) is 3.57. The van der Waals surface area contributed by atoms with Crippen LogP contribution in [0.15, 0.2) is 42.5 Å². The molecule has 1 aliphatic heterocycles. The molecular weight excluding hydrogens is 385 g/mol. The quantitative estimate of drug-likeness (QED) is 0.621. The van der Waals surface area contributed by atoms with Crippen LogP contribution in [0.3, 0.4) is 0 Å². The minimum Gasteiger partial charge on any atom is -0.507 e. The molecule has 1 atom stereocenters. The van der Waals surface area contributed by atoms with Crippen molar-refractivity contribution in [2.75, 3.05) is 18.4 Å². The van der Waals surface area contributed by atoms with E-state index in [-0.39, 0.29) is 23.1 Å². The van der Waals surface area contributed by atoms with Gasteiger partial charge >= 0.3 is 6.18 Å². The third kappa shape index (κ3) is 3.80. The Morgan fingerprint density at radius 2 is 1.90 bits per heavy atom. The molecule has 29 heavy (non-hydrogen) atoms. The predicted molar refractivity (Wildman–Crippen MR) is 101 cm³/mol. The van der Waals surface area contributed by atoms with E-state index in [1.54, 1.807) is 12.1 Å². The topological polar surface area (TPSA) is 87.1 Å². The van der Waals surface area contributed by atoms with E-state index < -0.39 is 17.5 Å². The minimum absolute atomic E-state index is 0.0147. The molecule has 6 nitrogen and oxygen atoms in total. The van der Waals surface area contributed by atoms with Crippen molar-refractivity contribution in [3.63, 3.8) is 0 Å². The second-order valence-corrected chi connectivity index (χ2v) is 6.93. The molecule has 0 spiro atoms. The van der Waals surface area contributed by atoms with E-state index in [9.17, 15) is 23.1 Å². The van der Waals surface area contributed by atoms with Crippen LogP contribution in [-0.2, 0) is 11.0 Å². The maximum absolute atomic E-state index is 12.9. The van der Waals surface area contributed by atoms with Crippen molar-refractivity contribution in [1.29, 1.82) is 0 Å². The number of anilines is 1. The van der Waals surface area contributed by atoms with Crippen LogP contribution < -0.4 is 10.6 Å². The molecule has 2 heterocycles. The SMILES string of the molecule is O=C1C[C@H](CNc2nnc(-c3ccc(C(F)(F)F)cc3O)c3ccccc23)CN1. The highest BCUT2D eigenvalue weighted by Crippen LogP contribution is 2.38. The number of nitrogens with one attached hydrogen (secondary N) is 2. The van der Waals surface area contributed by atoms with Gasteiger partial charge in [-0.1, -0.05) is 24.3 Å². The molecule has 4 rings (SSSR count). The van der Waals surface area contributed by atoms with Crippen molar-refractivity contribution in [1.82, 2.24) is 15.5 Å². The number of aromatic hydroxyl groups is 1. The Balaban J connectivity index is 1.69. The van der Waals surface area contributed by atoms with Crippen molar-refractivity contribution in [3.05, 3.63) is 48.0 Å². The van der Waals surface area contributed by atoms with E-state index >= 15 is 0 Å². The van der Waals surface area contributed by atoms with Gasteiger partial charge in [-0.05, 0) is 18.2 Å². The van der Waals surface area contributed by atoms with Gasteiger partial charge in [0.2, 0.25) is 5.91 Å². The number of rotatable bonds is 4. The van der Waals surface area contributed by atoms with Crippen LogP contribution in [0, 0.1) is 5.92 Å². The summed E-state index contributed by atoms with van der Waals surface area (Å²) in [5.41, 5.74) is -0.483. The first kappa shape index (κ1) is 19.0. The highest BCUT2D eigenvalue weighted by Gasteiger charge is 2.31. The van der Waals surface area contributed by atoms with Gasteiger partial charge in [0.1, 0.15) is 11.4 Å². The number of phenolic OH excluding ortho intramolecular Hbond substituents is 1. The van der Waals surface area contributed by atoms with Crippen molar-refractivity contribution >= 4 is 22.5 Å². The van der Waals surface area contributed by atoms with Gasteiger partial charge in [-0.15, -0.1) is 10.2 Å². The summed E-state index contributed by atoms with van der Waals surface area (Å²) in [5.74, 6) is 0.146. The molecule has 3 N–H and O–H groups in total. The maximum atomic E-state index is 12.9. The highest BCUT2D eigenvalue weighted by molar-refractivity contribution is 6.00. The van der Waals surface area contributed by atoms with Gasteiger partial charge in [-0.2, -0.15) is 13.2 Å². The second kappa shape index (κ2) is 7.23. The summed E-state index contributed by atoms with van der Waals surface area (Å²) in [6.07, 6.45) is -4.11. The number of alkyl halides is 3. The number of phenols is 1. The zero-order chi connectivity index (χ0) is 20.6. The molecule has 1 aliphatic rings. The van der Waals surface area contributed by atoms with Gasteiger partial charge in [0.25, 0.3) is 0 Å². The zero-order valence-corrected chi connectivity index (χ0v) is 15.1. The summed E-state index contributed by atoms with van der Waals surface area (Å²) in [7, 11) is 0. The summed E-state index contributed by atoms with van der Waals surface area (Å²) < 4.78 is 38.6. The van der Waals surface area contributed by atoms with E-state index in [1.165, 1.54) is 6.07 Å². The first-order valence-electron chi connectivity index (χ1n) is 8.99. The molecule has 0 bridgehead atoms. The van der Waals surface area contributed by atoms with Crippen LogP contribution in [0.4, 0.5) is 19.0 Å². The number of benzene rings is 2. The lowest BCUT2D eigenvalue weighted by atomic mass is 10.0. The van der Waals surface area contributed by atoms with Gasteiger partial charge in [0.15, 0.2) is 5.82 Å². The Labute approximate surface area is 163 Å². The average molecular weight is 402 g/mol. The van der Waals surface area contributed by atoms with E-state index in [0.29, 0.717) is 42.2 Å². The number of halogens is 3. The summed E-state index contributed by atoms with van der Waals surface area (Å²) in [4.78, 5) is 11.3. The second-order valence-electron chi connectivity index (χ2n) is 6.93. The van der Waals surface area contributed by atoms with Gasteiger partial charge in [-0.3, -0.25) is 4.79 Å². The number of aromatic nitrogens is 2. The smallest absolute Gasteiger partial charge is 0.416 e. The van der Waals surface area contributed by atoms with Crippen LogP contribution in [0.1, 0.15) is 12.0 Å². The van der Waals surface area contributed by atoms with Crippen LogP contribution in [0.2, 0.25) is 0 Å². The first-order valence-corrected chi connectivity index (χ1v) is 8.99. The molecule has 1 saturated heterocycles. The fourth-order valence-electron chi connectivity index (χ4n) is 3.39. The molecule has 1 aromatic heterocycles. The first-order chi connectivity index (χ1) is 13.8. The van der Waals surface area contributed by atoms with Gasteiger partial charge < -0.3 is 15.7 Å². The van der Waals surface area contributed by atoms with Crippen LogP contribution >= 0.6 is 0 Å². The Bertz CT molecular complexity index is 1080. The van der Waals surface area contributed by atoms with Crippen molar-refractivity contribution in [2.45, 2.75) is 12.6 Å². The molecule has 3 aromatic rings. The van der Waals surface area contributed by atoms with E-state index in [2.05, 4.69) is 20.8 Å². The van der Waals surface area contributed by atoms with Gasteiger partial charge in [0, 0.05) is 41.8 Å². The normalized spacial score (nSPS) is 16.8. The number of hydrogen-bond acceptors (Lipinski definition) is 5. The molecule has 0 unspecified atom stereocenters. The highest BCUT2D eigenvalue weighted by atomic mass is 19.4. The van der Waals surface area contributed by atoms with E-state index in [0.717, 1.165) is 6.07 Å². The van der Waals surface area contributed by atoms with Gasteiger partial charge in [0.05, 0.1) is 5.56 Å². The van der Waals surface area contributed by atoms with Crippen LogP contribution in [0.25, 0.3) is 22.0 Å². The fraction of sp³-hybridized carbons (Fsp3) is 0.250. The van der Waals surface area contributed by atoms with Crippen LogP contribution in [-0.4, -0.2) is 34.3 Å². The average Bonchev–Trinajstić information content (AvgIpc) is 3.11. The van der Waals surface area contributed by atoms with Crippen molar-refractivity contribution in [2.24, 2.45) is 5.92 Å². The van der Waals surface area contributed by atoms with Gasteiger partial charge in [-0.25, -0.2) is 0 Å². The summed E-state index contributed by atoms with van der Waals surface area (Å²) in [6, 6.07) is 9.95. The van der Waals surface area contributed by atoms with E-state index in [4.69, 9.17) is 0 Å². The third-order valence-corrected chi connectivity index (χ3v) is 4.89. The van der Waals surface area contributed by atoms with E-state index in [1.807, 2.05) is 12.1 Å². The monoisotopic (exact) mass is 402 g/mol. The Morgan fingerprint density at radius 1 is 1.14 bits per heavy atom. The lowest BCUT2D eigenvalue weighted by molar-refractivity contribution is -0.137. The molecule has 1 fully saturated rings. The lowest BCUT2D eigenvalue weighted by Crippen LogP contribution is -2.18. The maximum Gasteiger partial charge on any atom is 0.416 e. The standard InChI is InChI=1S/C20H17F3N4O2/c21-20(22,23)12-5-6-15(16(28)8-12)18-13-3-1-2-4-14(13)19(27-26-18)25-10-11-7-17(29)24-9-11/h1-6,8,11,28H,7,9-10H2,(H,24,29)(H,25,27)/t11-/m0/s1. The Kier molecular flexibility index (Phi) is 4.73. The number of amides is 1. The third-order valence-electron chi connectivity index (χ3n) is 4.89. The summed E-state index contributed by atoms with van der Waals surface area (Å²) in [6.45, 7) is 1.12. The number of carbonyl (C=O) groups excluding carboxylic acids is 1. The number of carbonyl (C=O) groups is 1. The molecular formula is C20H17F3N4O2. The van der Waals surface area contributed by atoms with Crippen molar-refractivity contribution < 1.29 is 23.1 Å². The molecule has 0 aliphatic carbocycles. The summed E-state index contributed by atoms with van der Waals surface area (Å²) >= 11 is 0. The Morgan fingerprint density at radius 3 is 2.55 bits per heavy atom. The zero-order valence-electron chi connectivity index (χ0n) is 15.1. The number of nitrogens with zero attached hydrogens (tertiary/aromatic N) is 2. The molecule has 9 heteroatoms. The number of hydrogen-bond donors (Lipinski definition) is 3. The Hall–Kier alpha value is -3.36. The van der Waals surface area contributed by atoms with Crippen LogP contribution in [0.5, 0.6) is 5.75 Å². The summed E-state index contributed by atoms with van der Waals surface area (Å²) in [5, 5.41) is 25.8. The molecule has 0 saturated carbocycles. The van der Waals surface area contributed by atoms with Crippen molar-refractivity contribution in [3.8, 4) is 17.0 Å². The largest absolute Gasteiger partial charge is 0.507 e. The molecule has 2 aromatic carbocycles. The number of fused-ring (bicyclic) bond motifs is 1. The fourth-order valence-corrected chi connectivity index (χ4v) is 3.39. The molecule has 0 radical (unpaired) electrons. The minimum atomic E-state index is -4.55.